The summed E-state index contributed by atoms with van der Waals surface area (Å²) in [6.07, 6.45) is 1.59. The van der Waals surface area contributed by atoms with Crippen molar-refractivity contribution in [3.05, 3.63) is 62.2 Å². The number of aromatic nitrogens is 3. The molecular weight excluding hydrogens is 400 g/mol. The van der Waals surface area contributed by atoms with E-state index in [0.29, 0.717) is 23.6 Å². The Balaban J connectivity index is 1.65. The Kier molecular flexibility index (Phi) is 4.52. The van der Waals surface area contributed by atoms with E-state index in [0.717, 1.165) is 28.8 Å². The third kappa shape index (κ3) is 3.24. The van der Waals surface area contributed by atoms with Crippen LogP contribution in [0.1, 0.15) is 56.0 Å². The van der Waals surface area contributed by atoms with Crippen molar-refractivity contribution < 1.29 is 4.74 Å². The summed E-state index contributed by atoms with van der Waals surface area (Å²) in [5.41, 5.74) is 1.30. The molecule has 30 heavy (non-hydrogen) atoms. The molecule has 2 aliphatic heterocycles. The molecule has 2 atom stereocenters. The maximum Gasteiger partial charge on any atom is 0.271 e. The van der Waals surface area contributed by atoms with Crippen molar-refractivity contribution in [3.8, 4) is 0 Å². The Hall–Kier alpha value is -2.58. The molecule has 5 rings (SSSR count). The molecule has 0 aliphatic carbocycles. The first-order chi connectivity index (χ1) is 14.3. The van der Waals surface area contributed by atoms with E-state index in [-0.39, 0.29) is 22.8 Å². The first-order valence-corrected chi connectivity index (χ1v) is 11.0. The number of hydrogen-bond acceptors (Lipinski definition) is 5. The zero-order chi connectivity index (χ0) is 21.0. The maximum atomic E-state index is 13.1. The lowest BCUT2D eigenvalue weighted by atomic mass is 9.94. The number of nitrogens with one attached hydrogen (secondary N) is 2. The molecule has 1 aromatic carbocycles. The molecule has 1 saturated heterocycles. The van der Waals surface area contributed by atoms with Crippen molar-refractivity contribution >= 4 is 33.5 Å². The van der Waals surface area contributed by atoms with E-state index in [4.69, 9.17) is 9.73 Å². The van der Waals surface area contributed by atoms with Crippen molar-refractivity contribution in [2.24, 2.45) is 4.99 Å². The Morgan fingerprint density at radius 2 is 2.03 bits per heavy atom. The lowest BCUT2D eigenvalue weighted by Crippen LogP contribution is -2.35. The number of ether oxygens (including phenoxy) is 1. The number of nitrogens with zero attached hydrogens (tertiary/aromatic N) is 2. The molecule has 0 spiro atoms. The first-order valence-electron chi connectivity index (χ1n) is 10.1. The molecular formula is C22H24N4O3S. The third-order valence-electron chi connectivity index (χ3n) is 5.85. The Morgan fingerprint density at radius 3 is 2.83 bits per heavy atom. The summed E-state index contributed by atoms with van der Waals surface area (Å²) in [6, 6.07) is 9.66. The van der Waals surface area contributed by atoms with Crippen LogP contribution in [-0.4, -0.2) is 32.0 Å². The third-order valence-corrected chi connectivity index (χ3v) is 7.01. The van der Waals surface area contributed by atoms with Crippen molar-refractivity contribution in [2.45, 2.75) is 50.5 Å². The summed E-state index contributed by atoms with van der Waals surface area (Å²) in [5, 5.41) is 4.39. The highest BCUT2D eigenvalue weighted by Gasteiger charge is 2.36. The lowest BCUT2D eigenvalue weighted by molar-refractivity contribution is -0.0705. The van der Waals surface area contributed by atoms with Crippen molar-refractivity contribution in [1.29, 1.82) is 0 Å². The number of hydrogen-bond donors (Lipinski definition) is 2. The Bertz CT molecular complexity index is 1280. The first kappa shape index (κ1) is 19.4. The van der Waals surface area contributed by atoms with Gasteiger partial charge in [-0.05, 0) is 51.1 Å². The normalized spacial score (nSPS) is 23.2. The molecule has 3 aromatic rings. The molecule has 0 amide bonds. The number of pyridine rings is 1. The smallest absolute Gasteiger partial charge is 0.271 e. The number of rotatable bonds is 2. The molecule has 4 heterocycles. The monoisotopic (exact) mass is 424 g/mol. The number of H-pyrrole nitrogens is 2. The van der Waals surface area contributed by atoms with E-state index in [9.17, 15) is 9.59 Å². The van der Waals surface area contributed by atoms with Crippen LogP contribution in [0.25, 0.3) is 10.9 Å². The highest BCUT2D eigenvalue weighted by molar-refractivity contribution is 8.14. The van der Waals surface area contributed by atoms with Gasteiger partial charge in [0, 0.05) is 17.7 Å². The van der Waals surface area contributed by atoms with Crippen LogP contribution in [0.15, 0.2) is 44.9 Å². The summed E-state index contributed by atoms with van der Waals surface area (Å²) in [6.45, 7) is 6.69. The number of thioether (sulfide) groups is 1. The number of para-hydroxylation sites is 1. The second kappa shape index (κ2) is 6.99. The largest absolute Gasteiger partial charge is 0.375 e. The number of fused-ring (bicyclic) bond motifs is 2. The summed E-state index contributed by atoms with van der Waals surface area (Å²) >= 11 is 1.45. The van der Waals surface area contributed by atoms with E-state index in [1.807, 2.05) is 41.9 Å². The lowest BCUT2D eigenvalue weighted by Gasteiger charge is -2.36. The standard InChI is InChI=1S/C22H24N4O3S/c1-12-23-19-17(21(28)25-26(19)14-8-9-29-22(2,3)11-14)18(30-12)15-10-13-6-4-5-7-16(13)24-20(15)27/h4-7,10,14,18H,8-9,11H2,1-3H3,(H,24,27)(H,25,28)/t14-,18+/m1/s1. The van der Waals surface area contributed by atoms with Gasteiger partial charge in [0.05, 0.1) is 27.5 Å². The van der Waals surface area contributed by atoms with Crippen molar-refractivity contribution in [1.82, 2.24) is 14.8 Å². The van der Waals surface area contributed by atoms with Crippen LogP contribution in [0.4, 0.5) is 5.82 Å². The van der Waals surface area contributed by atoms with Gasteiger partial charge in [0.2, 0.25) is 0 Å². The van der Waals surface area contributed by atoms with Gasteiger partial charge in [-0.1, -0.05) is 30.0 Å². The molecule has 156 valence electrons. The fraction of sp³-hybridized carbons (Fsp3) is 0.409. The minimum atomic E-state index is -0.399. The van der Waals surface area contributed by atoms with Gasteiger partial charge >= 0.3 is 0 Å². The highest BCUT2D eigenvalue weighted by Crippen LogP contribution is 2.45. The van der Waals surface area contributed by atoms with E-state index in [2.05, 4.69) is 23.9 Å². The van der Waals surface area contributed by atoms with E-state index < -0.39 is 5.25 Å². The van der Waals surface area contributed by atoms with E-state index in [1.54, 1.807) is 0 Å². The summed E-state index contributed by atoms with van der Waals surface area (Å²) in [7, 11) is 0. The maximum absolute atomic E-state index is 13.1. The highest BCUT2D eigenvalue weighted by atomic mass is 32.2. The summed E-state index contributed by atoms with van der Waals surface area (Å²) < 4.78 is 7.74. The summed E-state index contributed by atoms with van der Waals surface area (Å²) in [4.78, 5) is 33.6. The minimum Gasteiger partial charge on any atom is -0.375 e. The minimum absolute atomic E-state index is 0.0976. The fourth-order valence-corrected chi connectivity index (χ4v) is 5.58. The van der Waals surface area contributed by atoms with Crippen molar-refractivity contribution in [2.75, 3.05) is 6.61 Å². The second-order valence-electron chi connectivity index (χ2n) is 8.57. The topological polar surface area (TPSA) is 92.2 Å². The molecule has 1 fully saturated rings. The second-order valence-corrected chi connectivity index (χ2v) is 9.87. The molecule has 0 bridgehead atoms. The Morgan fingerprint density at radius 1 is 1.23 bits per heavy atom. The number of benzene rings is 1. The fourth-order valence-electron chi connectivity index (χ4n) is 4.47. The van der Waals surface area contributed by atoms with Gasteiger partial charge < -0.3 is 9.72 Å². The predicted molar refractivity (Wildman–Crippen MR) is 120 cm³/mol. The van der Waals surface area contributed by atoms with Gasteiger partial charge in [0.25, 0.3) is 11.1 Å². The van der Waals surface area contributed by atoms with Gasteiger partial charge in [-0.25, -0.2) is 4.99 Å². The average Bonchev–Trinajstić information content (AvgIpc) is 3.02. The van der Waals surface area contributed by atoms with Crippen LogP contribution in [0.2, 0.25) is 0 Å². The van der Waals surface area contributed by atoms with Gasteiger partial charge in [-0.3, -0.25) is 19.4 Å². The number of aromatic amines is 2. The molecule has 7 nitrogen and oxygen atoms in total. The van der Waals surface area contributed by atoms with Crippen LogP contribution in [-0.2, 0) is 4.74 Å². The molecule has 2 aromatic heterocycles. The number of aliphatic imine (C=N–C) groups is 1. The molecule has 2 N–H and O–H groups in total. The predicted octanol–water partition coefficient (Wildman–Crippen LogP) is 4.03. The zero-order valence-corrected chi connectivity index (χ0v) is 18.0. The molecule has 0 saturated carbocycles. The molecule has 0 radical (unpaired) electrons. The summed E-state index contributed by atoms with van der Waals surface area (Å²) in [5.74, 6) is 0.636. The van der Waals surface area contributed by atoms with Gasteiger partial charge in [0.15, 0.2) is 5.82 Å². The van der Waals surface area contributed by atoms with E-state index >= 15 is 0 Å². The van der Waals surface area contributed by atoms with Crippen LogP contribution in [0.5, 0.6) is 0 Å². The Labute approximate surface area is 177 Å². The SMILES string of the molecule is CC1=Nc2c(c(=O)[nH]n2[C@@H]2CCOC(C)(C)C2)[C@H](c2cc3ccccc3[nH]c2=O)S1. The molecule has 2 aliphatic rings. The molecule has 8 heteroatoms. The quantitative estimate of drug-likeness (QED) is 0.650. The van der Waals surface area contributed by atoms with Crippen LogP contribution in [0.3, 0.4) is 0 Å². The van der Waals surface area contributed by atoms with Crippen LogP contribution in [0, 0.1) is 0 Å². The van der Waals surface area contributed by atoms with Crippen LogP contribution >= 0.6 is 11.8 Å². The van der Waals surface area contributed by atoms with Crippen molar-refractivity contribution in [3.63, 3.8) is 0 Å². The van der Waals surface area contributed by atoms with Gasteiger partial charge in [0.1, 0.15) is 0 Å². The van der Waals surface area contributed by atoms with Gasteiger partial charge in [-0.2, -0.15) is 0 Å². The zero-order valence-electron chi connectivity index (χ0n) is 17.2. The van der Waals surface area contributed by atoms with E-state index in [1.165, 1.54) is 11.8 Å². The van der Waals surface area contributed by atoms with Crippen LogP contribution < -0.4 is 11.1 Å². The van der Waals surface area contributed by atoms with Gasteiger partial charge in [-0.15, -0.1) is 0 Å². The average molecular weight is 425 g/mol. The molecule has 0 unspecified atom stereocenters.